The molecule has 1 unspecified atom stereocenters. The van der Waals surface area contributed by atoms with E-state index in [0.717, 1.165) is 11.0 Å². The number of aromatic nitrogens is 2. The van der Waals surface area contributed by atoms with E-state index in [9.17, 15) is 4.79 Å². The molecule has 1 aromatic carbocycles. The maximum absolute atomic E-state index is 11.6. The fourth-order valence-electron chi connectivity index (χ4n) is 2.01. The molecule has 1 aliphatic rings. The van der Waals surface area contributed by atoms with Crippen molar-refractivity contribution in [2.45, 2.75) is 12.5 Å². The molecule has 16 heavy (non-hydrogen) atoms. The lowest BCUT2D eigenvalue weighted by Gasteiger charge is -2.11. The third-order valence-corrected chi connectivity index (χ3v) is 2.79. The number of nitrogens with one attached hydrogen (secondary N) is 1. The minimum atomic E-state index is -0.0827. The van der Waals surface area contributed by atoms with Crippen LogP contribution in [0.2, 0.25) is 0 Å². The van der Waals surface area contributed by atoms with Crippen molar-refractivity contribution >= 4 is 22.9 Å². The van der Waals surface area contributed by atoms with Crippen molar-refractivity contribution in [1.29, 1.82) is 0 Å². The molecule has 3 rings (SSSR count). The van der Waals surface area contributed by atoms with Crippen molar-refractivity contribution in [1.82, 2.24) is 9.97 Å². The Morgan fingerprint density at radius 3 is 2.94 bits per heavy atom. The number of rotatable bonds is 1. The molecule has 5 heteroatoms. The van der Waals surface area contributed by atoms with Crippen molar-refractivity contribution in [2.75, 3.05) is 11.4 Å². The van der Waals surface area contributed by atoms with Crippen molar-refractivity contribution in [2.24, 2.45) is 5.73 Å². The number of hydrogen-bond donors (Lipinski definition) is 2. The fourth-order valence-corrected chi connectivity index (χ4v) is 2.01. The summed E-state index contributed by atoms with van der Waals surface area (Å²) in [7, 11) is 0. The van der Waals surface area contributed by atoms with Gasteiger partial charge in [0, 0.05) is 19.0 Å². The first kappa shape index (κ1) is 9.35. The van der Waals surface area contributed by atoms with E-state index in [-0.39, 0.29) is 11.9 Å². The normalized spacial score (nSPS) is 20.9. The third-order valence-electron chi connectivity index (χ3n) is 2.79. The average Bonchev–Trinajstić information content (AvgIpc) is 2.81. The Kier molecular flexibility index (Phi) is 1.94. The van der Waals surface area contributed by atoms with Crippen LogP contribution in [0.1, 0.15) is 6.42 Å². The van der Waals surface area contributed by atoms with Gasteiger partial charge >= 0.3 is 0 Å². The van der Waals surface area contributed by atoms with Crippen LogP contribution in [-0.4, -0.2) is 28.5 Å². The van der Waals surface area contributed by atoms with Crippen LogP contribution in [0.3, 0.4) is 0 Å². The Balaban J connectivity index is 2.03. The standard InChI is InChI=1S/C11H12N4O/c12-7-5-10(16)15(6-7)11-13-8-3-1-2-4-9(8)14-11/h1-4,7H,5-6,12H2,(H,13,14). The number of fused-ring (bicyclic) bond motifs is 1. The molecule has 0 saturated carbocycles. The molecule has 1 amide bonds. The van der Waals surface area contributed by atoms with Gasteiger partial charge in [-0.25, -0.2) is 4.98 Å². The van der Waals surface area contributed by atoms with Gasteiger partial charge in [-0.2, -0.15) is 0 Å². The van der Waals surface area contributed by atoms with Gasteiger partial charge in [-0.1, -0.05) is 12.1 Å². The number of hydrogen-bond acceptors (Lipinski definition) is 3. The van der Waals surface area contributed by atoms with E-state index in [1.54, 1.807) is 4.90 Å². The maximum Gasteiger partial charge on any atom is 0.230 e. The molecule has 0 bridgehead atoms. The minimum absolute atomic E-state index is 0.0338. The number of carbonyl (C=O) groups is 1. The molecule has 2 aromatic rings. The smallest absolute Gasteiger partial charge is 0.230 e. The van der Waals surface area contributed by atoms with E-state index in [2.05, 4.69) is 9.97 Å². The Hall–Kier alpha value is -1.88. The van der Waals surface area contributed by atoms with Gasteiger partial charge in [0.2, 0.25) is 11.9 Å². The van der Waals surface area contributed by atoms with Crippen LogP contribution in [0, 0.1) is 0 Å². The van der Waals surface area contributed by atoms with Gasteiger partial charge in [0.25, 0.3) is 0 Å². The highest BCUT2D eigenvalue weighted by Gasteiger charge is 2.29. The number of carbonyl (C=O) groups excluding carboxylic acids is 1. The topological polar surface area (TPSA) is 75.0 Å². The van der Waals surface area contributed by atoms with Gasteiger partial charge in [0.05, 0.1) is 11.0 Å². The zero-order valence-corrected chi connectivity index (χ0v) is 8.68. The summed E-state index contributed by atoms with van der Waals surface area (Å²) in [6, 6.07) is 7.62. The summed E-state index contributed by atoms with van der Waals surface area (Å²) in [5, 5.41) is 0. The van der Waals surface area contributed by atoms with Crippen molar-refractivity contribution in [3.05, 3.63) is 24.3 Å². The predicted molar refractivity (Wildman–Crippen MR) is 61.0 cm³/mol. The zero-order valence-electron chi connectivity index (χ0n) is 8.68. The minimum Gasteiger partial charge on any atom is -0.326 e. The van der Waals surface area contributed by atoms with Gasteiger partial charge < -0.3 is 10.7 Å². The lowest BCUT2D eigenvalue weighted by atomic mass is 10.3. The fraction of sp³-hybridized carbons (Fsp3) is 0.273. The monoisotopic (exact) mass is 216 g/mol. The Bertz CT molecular complexity index is 515. The van der Waals surface area contributed by atoms with Gasteiger partial charge in [-0.3, -0.25) is 9.69 Å². The maximum atomic E-state index is 11.6. The molecule has 1 aliphatic heterocycles. The second-order valence-corrected chi connectivity index (χ2v) is 4.05. The second-order valence-electron chi connectivity index (χ2n) is 4.05. The number of H-pyrrole nitrogens is 1. The average molecular weight is 216 g/mol. The molecule has 82 valence electrons. The summed E-state index contributed by atoms with van der Waals surface area (Å²) < 4.78 is 0. The number of amides is 1. The summed E-state index contributed by atoms with van der Waals surface area (Å²) in [4.78, 5) is 20.8. The highest BCUT2D eigenvalue weighted by molar-refractivity contribution is 5.96. The van der Waals surface area contributed by atoms with Crippen molar-refractivity contribution < 1.29 is 4.79 Å². The van der Waals surface area contributed by atoms with E-state index in [1.165, 1.54) is 0 Å². The quantitative estimate of drug-likeness (QED) is 0.734. The molecule has 1 atom stereocenters. The van der Waals surface area contributed by atoms with Crippen molar-refractivity contribution in [3.63, 3.8) is 0 Å². The number of imidazole rings is 1. The van der Waals surface area contributed by atoms with Crippen molar-refractivity contribution in [3.8, 4) is 0 Å². The van der Waals surface area contributed by atoms with Gasteiger partial charge in [-0.15, -0.1) is 0 Å². The highest BCUT2D eigenvalue weighted by Crippen LogP contribution is 2.21. The Labute approximate surface area is 92.3 Å². The first-order valence-corrected chi connectivity index (χ1v) is 5.25. The highest BCUT2D eigenvalue weighted by atomic mass is 16.2. The number of nitrogens with zero attached hydrogens (tertiary/aromatic N) is 2. The molecule has 0 spiro atoms. The zero-order chi connectivity index (χ0) is 11.1. The Morgan fingerprint density at radius 2 is 2.25 bits per heavy atom. The summed E-state index contributed by atoms with van der Waals surface area (Å²) in [6.45, 7) is 0.540. The molecular formula is C11H12N4O. The molecule has 0 radical (unpaired) electrons. The van der Waals surface area contributed by atoms with Crippen LogP contribution >= 0.6 is 0 Å². The SMILES string of the molecule is NC1CC(=O)N(c2nc3ccccc3[nH]2)C1. The van der Waals surface area contributed by atoms with E-state index in [1.807, 2.05) is 24.3 Å². The van der Waals surface area contributed by atoms with E-state index >= 15 is 0 Å². The first-order chi connectivity index (χ1) is 7.74. The van der Waals surface area contributed by atoms with Crippen LogP contribution in [-0.2, 0) is 4.79 Å². The molecule has 0 aliphatic carbocycles. The second kappa shape index (κ2) is 3.31. The number of nitrogens with two attached hydrogens (primary N) is 1. The van der Waals surface area contributed by atoms with E-state index < -0.39 is 0 Å². The number of benzene rings is 1. The van der Waals surface area contributed by atoms with E-state index in [0.29, 0.717) is 18.9 Å². The van der Waals surface area contributed by atoms with Crippen LogP contribution in [0.4, 0.5) is 5.95 Å². The van der Waals surface area contributed by atoms with Crippen LogP contribution in [0.5, 0.6) is 0 Å². The van der Waals surface area contributed by atoms with Crippen LogP contribution in [0.25, 0.3) is 11.0 Å². The van der Waals surface area contributed by atoms with Gasteiger partial charge in [0.1, 0.15) is 0 Å². The number of para-hydroxylation sites is 2. The third kappa shape index (κ3) is 1.37. The molecule has 1 fully saturated rings. The molecule has 1 saturated heterocycles. The van der Waals surface area contributed by atoms with E-state index in [4.69, 9.17) is 5.73 Å². The summed E-state index contributed by atoms with van der Waals surface area (Å²) >= 11 is 0. The largest absolute Gasteiger partial charge is 0.326 e. The van der Waals surface area contributed by atoms with Gasteiger partial charge in [0.15, 0.2) is 0 Å². The lowest BCUT2D eigenvalue weighted by Crippen LogP contribution is -2.28. The molecule has 3 N–H and O–H groups in total. The molecule has 1 aromatic heterocycles. The molecule has 2 heterocycles. The summed E-state index contributed by atoms with van der Waals surface area (Å²) in [5.74, 6) is 0.630. The molecular weight excluding hydrogens is 204 g/mol. The number of anilines is 1. The molecule has 5 nitrogen and oxygen atoms in total. The summed E-state index contributed by atoms with van der Waals surface area (Å²) in [6.07, 6.45) is 0.400. The predicted octanol–water partition coefficient (Wildman–Crippen LogP) is 0.627. The first-order valence-electron chi connectivity index (χ1n) is 5.25. The summed E-state index contributed by atoms with van der Waals surface area (Å²) in [5.41, 5.74) is 7.55. The lowest BCUT2D eigenvalue weighted by molar-refractivity contribution is -0.117. The van der Waals surface area contributed by atoms with Crippen LogP contribution in [0.15, 0.2) is 24.3 Å². The number of aromatic amines is 1. The van der Waals surface area contributed by atoms with Gasteiger partial charge in [-0.05, 0) is 12.1 Å². The van der Waals surface area contributed by atoms with Crippen LogP contribution < -0.4 is 10.6 Å². The Morgan fingerprint density at radius 1 is 1.44 bits per heavy atom.